The number of nitrogens with one attached hydrogen (secondary N) is 2. The number of rotatable bonds is 9. The van der Waals surface area contributed by atoms with Crippen LogP contribution in [0.2, 0.25) is 0 Å². The minimum Gasteiger partial charge on any atom is -0.508 e. The van der Waals surface area contributed by atoms with Crippen molar-refractivity contribution in [1.82, 2.24) is 15.5 Å². The Labute approximate surface area is 180 Å². The topological polar surface area (TPSA) is 162 Å². The largest absolute Gasteiger partial charge is 0.508 e. The highest BCUT2D eigenvalue weighted by Gasteiger charge is 2.39. The summed E-state index contributed by atoms with van der Waals surface area (Å²) in [6, 6.07) is 3.21. The number of carboxylic acid groups (broad SMARTS) is 1. The van der Waals surface area contributed by atoms with Crippen molar-refractivity contribution in [2.45, 2.75) is 51.2 Å². The Morgan fingerprint density at radius 3 is 2.35 bits per heavy atom. The van der Waals surface area contributed by atoms with E-state index in [2.05, 4.69) is 10.6 Å². The predicted molar refractivity (Wildman–Crippen MR) is 112 cm³/mol. The highest BCUT2D eigenvalue weighted by atomic mass is 16.4. The van der Waals surface area contributed by atoms with Crippen molar-refractivity contribution in [1.29, 1.82) is 0 Å². The summed E-state index contributed by atoms with van der Waals surface area (Å²) in [4.78, 5) is 50.7. The smallest absolute Gasteiger partial charge is 0.326 e. The van der Waals surface area contributed by atoms with Crippen LogP contribution in [0.15, 0.2) is 24.3 Å². The molecule has 10 heteroatoms. The van der Waals surface area contributed by atoms with Gasteiger partial charge in [-0.2, -0.15) is 0 Å². The number of likely N-dealkylation sites (tertiary alicyclic amines) is 1. The number of carboxylic acids is 1. The molecule has 0 spiro atoms. The summed E-state index contributed by atoms with van der Waals surface area (Å²) in [6.45, 7) is 3.65. The van der Waals surface area contributed by atoms with E-state index in [4.69, 9.17) is 5.73 Å². The highest BCUT2D eigenvalue weighted by molar-refractivity contribution is 5.94. The van der Waals surface area contributed by atoms with Gasteiger partial charge in [0.05, 0.1) is 6.54 Å². The van der Waals surface area contributed by atoms with E-state index in [1.54, 1.807) is 26.0 Å². The third kappa shape index (κ3) is 6.42. The van der Waals surface area contributed by atoms with Gasteiger partial charge in [-0.1, -0.05) is 26.0 Å². The number of aliphatic carboxylic acids is 1. The van der Waals surface area contributed by atoms with Crippen LogP contribution in [-0.2, 0) is 25.6 Å². The zero-order valence-corrected chi connectivity index (χ0v) is 17.7. The SMILES string of the molecule is CC(C)C(NC(=O)CN)C(=O)N1CCCC1C(=O)NC(Cc1ccc(O)cc1)C(=O)O. The fraction of sp³-hybridized carbons (Fsp3) is 0.524. The van der Waals surface area contributed by atoms with Gasteiger partial charge >= 0.3 is 5.97 Å². The van der Waals surface area contributed by atoms with Gasteiger partial charge < -0.3 is 31.5 Å². The lowest BCUT2D eigenvalue weighted by Gasteiger charge is -2.31. The predicted octanol–water partition coefficient (Wildman–Crippen LogP) is -0.405. The van der Waals surface area contributed by atoms with Gasteiger partial charge in [0.25, 0.3) is 0 Å². The van der Waals surface area contributed by atoms with E-state index in [0.29, 0.717) is 24.9 Å². The molecule has 0 radical (unpaired) electrons. The average Bonchev–Trinajstić information content (AvgIpc) is 3.22. The van der Waals surface area contributed by atoms with Crippen LogP contribution in [0.1, 0.15) is 32.3 Å². The number of phenolic OH excluding ortho intramolecular Hbond substituents is 1. The van der Waals surface area contributed by atoms with E-state index in [9.17, 15) is 29.4 Å². The molecule has 1 fully saturated rings. The van der Waals surface area contributed by atoms with Crippen LogP contribution in [-0.4, -0.2) is 70.0 Å². The standard InChI is InChI=1S/C21H30N4O6/c1-12(2)18(24-17(27)11-22)20(29)25-9-3-4-16(25)19(28)23-15(21(30)31)10-13-5-7-14(26)8-6-13/h5-8,12,15-16,18,26H,3-4,9-11,22H2,1-2H3,(H,23,28)(H,24,27)(H,30,31). The summed E-state index contributed by atoms with van der Waals surface area (Å²) < 4.78 is 0. The maximum absolute atomic E-state index is 13.0. The second kappa shape index (κ2) is 10.8. The fourth-order valence-electron chi connectivity index (χ4n) is 3.56. The van der Waals surface area contributed by atoms with E-state index in [1.165, 1.54) is 17.0 Å². The van der Waals surface area contributed by atoms with E-state index in [1.807, 2.05) is 0 Å². The first-order chi connectivity index (χ1) is 14.6. The van der Waals surface area contributed by atoms with Crippen molar-refractivity contribution in [3.63, 3.8) is 0 Å². The lowest BCUT2D eigenvalue weighted by atomic mass is 10.0. The van der Waals surface area contributed by atoms with Gasteiger partial charge in [0, 0.05) is 13.0 Å². The van der Waals surface area contributed by atoms with Gasteiger partial charge in [-0.3, -0.25) is 14.4 Å². The third-order valence-electron chi connectivity index (χ3n) is 5.26. The number of hydrogen-bond donors (Lipinski definition) is 5. The van der Waals surface area contributed by atoms with Crippen LogP contribution < -0.4 is 16.4 Å². The van der Waals surface area contributed by atoms with Gasteiger partial charge in [-0.05, 0) is 36.5 Å². The van der Waals surface area contributed by atoms with Crippen molar-refractivity contribution < 1.29 is 29.4 Å². The number of phenols is 1. The van der Waals surface area contributed by atoms with E-state index >= 15 is 0 Å². The number of carbonyl (C=O) groups excluding carboxylic acids is 3. The average molecular weight is 434 g/mol. The van der Waals surface area contributed by atoms with Crippen molar-refractivity contribution in [2.24, 2.45) is 11.7 Å². The van der Waals surface area contributed by atoms with E-state index in [-0.39, 0.29) is 30.5 Å². The molecule has 3 atom stereocenters. The second-order valence-electron chi connectivity index (χ2n) is 7.95. The maximum Gasteiger partial charge on any atom is 0.326 e. The Hall–Kier alpha value is -3.14. The zero-order valence-electron chi connectivity index (χ0n) is 17.7. The molecule has 6 N–H and O–H groups in total. The Morgan fingerprint density at radius 2 is 1.81 bits per heavy atom. The lowest BCUT2D eigenvalue weighted by molar-refractivity contribution is -0.145. The first-order valence-corrected chi connectivity index (χ1v) is 10.2. The highest BCUT2D eigenvalue weighted by Crippen LogP contribution is 2.21. The molecule has 1 saturated heterocycles. The van der Waals surface area contributed by atoms with Gasteiger partial charge in [0.15, 0.2) is 0 Å². The molecular weight excluding hydrogens is 404 g/mol. The normalized spacial score (nSPS) is 17.8. The fourth-order valence-corrected chi connectivity index (χ4v) is 3.56. The van der Waals surface area contributed by atoms with Crippen molar-refractivity contribution in [3.05, 3.63) is 29.8 Å². The second-order valence-corrected chi connectivity index (χ2v) is 7.95. The molecule has 31 heavy (non-hydrogen) atoms. The molecule has 0 aromatic heterocycles. The first kappa shape index (κ1) is 24.1. The summed E-state index contributed by atoms with van der Waals surface area (Å²) >= 11 is 0. The molecular formula is C21H30N4O6. The number of aromatic hydroxyl groups is 1. The quantitative estimate of drug-likeness (QED) is 0.353. The summed E-state index contributed by atoms with van der Waals surface area (Å²) in [5.74, 6) is -2.76. The lowest BCUT2D eigenvalue weighted by Crippen LogP contribution is -2.57. The van der Waals surface area contributed by atoms with E-state index in [0.717, 1.165) is 0 Å². The molecule has 2 rings (SSSR count). The third-order valence-corrected chi connectivity index (χ3v) is 5.26. The Morgan fingerprint density at radius 1 is 1.16 bits per heavy atom. The molecule has 3 unspecified atom stereocenters. The van der Waals surface area contributed by atoms with Gasteiger partial charge in [-0.15, -0.1) is 0 Å². The van der Waals surface area contributed by atoms with Crippen LogP contribution in [0.4, 0.5) is 0 Å². The molecule has 170 valence electrons. The van der Waals surface area contributed by atoms with Crippen LogP contribution in [0.3, 0.4) is 0 Å². The molecule has 3 amide bonds. The number of carbonyl (C=O) groups is 4. The molecule has 1 aromatic carbocycles. The molecule has 0 saturated carbocycles. The van der Waals surface area contributed by atoms with E-state index < -0.39 is 35.9 Å². The minimum absolute atomic E-state index is 0.0309. The van der Waals surface area contributed by atoms with Crippen molar-refractivity contribution in [2.75, 3.05) is 13.1 Å². The van der Waals surface area contributed by atoms with Crippen molar-refractivity contribution in [3.8, 4) is 5.75 Å². The summed E-state index contributed by atoms with van der Waals surface area (Å²) in [5, 5.41) is 24.0. The summed E-state index contributed by atoms with van der Waals surface area (Å²) in [6.07, 6.45) is 1.02. The Kier molecular flexibility index (Phi) is 8.38. The summed E-state index contributed by atoms with van der Waals surface area (Å²) in [7, 11) is 0. The summed E-state index contributed by atoms with van der Waals surface area (Å²) in [5.41, 5.74) is 5.97. The van der Waals surface area contributed by atoms with Crippen LogP contribution in [0.5, 0.6) is 5.75 Å². The van der Waals surface area contributed by atoms with Gasteiger partial charge in [0.1, 0.15) is 23.9 Å². The Bertz CT molecular complexity index is 811. The molecule has 1 aliphatic heterocycles. The molecule has 0 aliphatic carbocycles. The maximum atomic E-state index is 13.0. The molecule has 1 aliphatic rings. The van der Waals surface area contributed by atoms with Crippen LogP contribution in [0, 0.1) is 5.92 Å². The number of amides is 3. The molecule has 10 nitrogen and oxygen atoms in total. The van der Waals surface area contributed by atoms with Crippen molar-refractivity contribution >= 4 is 23.7 Å². The number of hydrogen-bond acceptors (Lipinski definition) is 6. The van der Waals surface area contributed by atoms with Gasteiger partial charge in [0.2, 0.25) is 17.7 Å². The Balaban J connectivity index is 2.10. The zero-order chi connectivity index (χ0) is 23.1. The van der Waals surface area contributed by atoms with Gasteiger partial charge in [-0.25, -0.2) is 4.79 Å². The monoisotopic (exact) mass is 434 g/mol. The molecule has 1 heterocycles. The van der Waals surface area contributed by atoms with Crippen LogP contribution in [0.25, 0.3) is 0 Å². The number of benzene rings is 1. The molecule has 0 bridgehead atoms. The van der Waals surface area contributed by atoms with Crippen LogP contribution >= 0.6 is 0 Å². The number of nitrogens with zero attached hydrogens (tertiary/aromatic N) is 1. The number of nitrogens with two attached hydrogens (primary N) is 1. The molecule has 1 aromatic rings. The first-order valence-electron chi connectivity index (χ1n) is 10.2. The minimum atomic E-state index is -1.20.